The SMILES string of the molecule is CCCCCCCC(=O)NNc1cc(C(Cl)(Cl)Cl)cc(Cl)n1. The molecule has 8 heteroatoms. The maximum Gasteiger partial charge on any atom is 0.238 e. The van der Waals surface area contributed by atoms with Gasteiger partial charge < -0.3 is 0 Å². The first-order valence-electron chi connectivity index (χ1n) is 7.12. The van der Waals surface area contributed by atoms with Crippen molar-refractivity contribution in [2.75, 3.05) is 5.43 Å². The van der Waals surface area contributed by atoms with Gasteiger partial charge in [-0.3, -0.25) is 15.6 Å². The zero-order chi connectivity index (χ0) is 16.6. The maximum absolute atomic E-state index is 11.7. The normalized spacial score (nSPS) is 11.3. The number of nitrogens with one attached hydrogen (secondary N) is 2. The molecular weight excluding hydrogens is 368 g/mol. The summed E-state index contributed by atoms with van der Waals surface area (Å²) in [7, 11) is 0. The molecule has 0 aliphatic heterocycles. The summed E-state index contributed by atoms with van der Waals surface area (Å²) in [6.07, 6.45) is 5.89. The average molecular weight is 387 g/mol. The second-order valence-corrected chi connectivity index (χ2v) is 7.57. The van der Waals surface area contributed by atoms with E-state index in [2.05, 4.69) is 22.8 Å². The van der Waals surface area contributed by atoms with Crippen LogP contribution >= 0.6 is 46.4 Å². The summed E-state index contributed by atoms with van der Waals surface area (Å²) < 4.78 is -1.60. The number of rotatable bonds is 8. The molecule has 1 aromatic rings. The molecule has 1 heterocycles. The van der Waals surface area contributed by atoms with Gasteiger partial charge in [0.15, 0.2) is 0 Å². The molecule has 0 radical (unpaired) electrons. The van der Waals surface area contributed by atoms with Crippen LogP contribution in [-0.2, 0) is 8.59 Å². The summed E-state index contributed by atoms with van der Waals surface area (Å²) in [6, 6.07) is 2.97. The number of carbonyl (C=O) groups excluding carboxylic acids is 1. The first-order chi connectivity index (χ1) is 10.3. The molecule has 0 spiro atoms. The Hall–Kier alpha value is -0.420. The van der Waals surface area contributed by atoms with Gasteiger partial charge in [-0.05, 0) is 18.6 Å². The Morgan fingerprint density at radius 1 is 1.18 bits per heavy atom. The monoisotopic (exact) mass is 385 g/mol. The Kier molecular flexibility index (Phi) is 8.62. The second kappa shape index (κ2) is 9.66. The van der Waals surface area contributed by atoms with E-state index in [4.69, 9.17) is 46.4 Å². The van der Waals surface area contributed by atoms with Gasteiger partial charge >= 0.3 is 0 Å². The van der Waals surface area contributed by atoms with Crippen LogP contribution in [0.4, 0.5) is 5.82 Å². The van der Waals surface area contributed by atoms with Gasteiger partial charge in [0.25, 0.3) is 0 Å². The molecule has 0 bridgehead atoms. The smallest absolute Gasteiger partial charge is 0.238 e. The van der Waals surface area contributed by atoms with Crippen LogP contribution in [0.15, 0.2) is 12.1 Å². The molecule has 0 aliphatic rings. The Balaban J connectivity index is 2.44. The number of amides is 1. The lowest BCUT2D eigenvalue weighted by atomic mass is 10.1. The molecule has 1 amide bonds. The number of hydrogen-bond acceptors (Lipinski definition) is 3. The van der Waals surface area contributed by atoms with Crippen LogP contribution in [0.25, 0.3) is 0 Å². The number of hydrogen-bond donors (Lipinski definition) is 2. The summed E-state index contributed by atoms with van der Waals surface area (Å²) in [4.78, 5) is 15.7. The summed E-state index contributed by atoms with van der Waals surface area (Å²) in [5, 5.41) is 0.167. The third kappa shape index (κ3) is 7.73. The molecule has 22 heavy (non-hydrogen) atoms. The quantitative estimate of drug-likeness (QED) is 0.273. The van der Waals surface area contributed by atoms with Gasteiger partial charge in [-0.1, -0.05) is 79.0 Å². The highest BCUT2D eigenvalue weighted by Gasteiger charge is 2.24. The van der Waals surface area contributed by atoms with Crippen LogP contribution in [0.3, 0.4) is 0 Å². The van der Waals surface area contributed by atoms with Gasteiger partial charge in [-0.2, -0.15) is 0 Å². The predicted octanol–water partition coefficient (Wildman–Crippen LogP) is 5.37. The topological polar surface area (TPSA) is 54.0 Å². The maximum atomic E-state index is 11.7. The van der Waals surface area contributed by atoms with Crippen molar-refractivity contribution >= 4 is 58.1 Å². The minimum absolute atomic E-state index is 0.117. The molecule has 0 saturated carbocycles. The highest BCUT2D eigenvalue weighted by molar-refractivity contribution is 6.66. The third-order valence-electron chi connectivity index (χ3n) is 2.96. The lowest BCUT2D eigenvalue weighted by Gasteiger charge is -2.14. The lowest BCUT2D eigenvalue weighted by molar-refractivity contribution is -0.120. The molecule has 4 nitrogen and oxygen atoms in total. The zero-order valence-corrected chi connectivity index (χ0v) is 15.3. The molecule has 0 fully saturated rings. The van der Waals surface area contributed by atoms with Crippen LogP contribution < -0.4 is 10.9 Å². The van der Waals surface area contributed by atoms with Crippen molar-refractivity contribution in [1.82, 2.24) is 10.4 Å². The number of hydrazine groups is 1. The zero-order valence-electron chi connectivity index (χ0n) is 12.3. The molecule has 0 saturated heterocycles. The summed E-state index contributed by atoms with van der Waals surface area (Å²) in [6.45, 7) is 2.15. The molecule has 0 aromatic carbocycles. The van der Waals surface area contributed by atoms with E-state index in [1.807, 2.05) is 0 Å². The fraction of sp³-hybridized carbons (Fsp3) is 0.571. The third-order valence-corrected chi connectivity index (χ3v) is 3.81. The summed E-state index contributed by atoms with van der Waals surface area (Å²) in [5.74, 6) is 0.196. The van der Waals surface area contributed by atoms with Gasteiger partial charge in [-0.15, -0.1) is 0 Å². The first kappa shape index (κ1) is 19.6. The first-order valence-corrected chi connectivity index (χ1v) is 8.63. The number of unbranched alkanes of at least 4 members (excludes halogenated alkanes) is 4. The largest absolute Gasteiger partial charge is 0.282 e. The molecule has 1 aromatic heterocycles. The van der Waals surface area contributed by atoms with E-state index in [1.54, 1.807) is 0 Å². The van der Waals surface area contributed by atoms with Crippen LogP contribution in [-0.4, -0.2) is 10.9 Å². The predicted molar refractivity (Wildman–Crippen MR) is 93.6 cm³/mol. The van der Waals surface area contributed by atoms with Crippen molar-refractivity contribution in [3.8, 4) is 0 Å². The Morgan fingerprint density at radius 2 is 1.86 bits per heavy atom. The van der Waals surface area contributed by atoms with Crippen molar-refractivity contribution in [3.63, 3.8) is 0 Å². The van der Waals surface area contributed by atoms with E-state index in [-0.39, 0.29) is 11.1 Å². The fourth-order valence-electron chi connectivity index (χ4n) is 1.81. The van der Waals surface area contributed by atoms with Crippen molar-refractivity contribution in [2.45, 2.75) is 49.2 Å². The number of halogens is 4. The van der Waals surface area contributed by atoms with Crippen LogP contribution in [0.5, 0.6) is 0 Å². The summed E-state index contributed by atoms with van der Waals surface area (Å²) >= 11 is 23.3. The van der Waals surface area contributed by atoms with Crippen molar-refractivity contribution < 1.29 is 4.79 Å². The van der Waals surface area contributed by atoms with Gasteiger partial charge in [0.2, 0.25) is 9.70 Å². The van der Waals surface area contributed by atoms with Crippen molar-refractivity contribution in [3.05, 3.63) is 22.8 Å². The van der Waals surface area contributed by atoms with E-state index in [0.29, 0.717) is 17.8 Å². The van der Waals surface area contributed by atoms with E-state index in [1.165, 1.54) is 25.0 Å². The fourth-order valence-corrected chi connectivity index (χ4v) is 2.35. The Labute approximate surface area is 150 Å². The lowest BCUT2D eigenvalue weighted by Crippen LogP contribution is -2.29. The number of nitrogens with zero attached hydrogens (tertiary/aromatic N) is 1. The number of anilines is 1. The van der Waals surface area contributed by atoms with Crippen LogP contribution in [0.2, 0.25) is 5.15 Å². The molecule has 0 aliphatic carbocycles. The number of pyridine rings is 1. The van der Waals surface area contributed by atoms with Gasteiger partial charge in [0, 0.05) is 12.0 Å². The Bertz CT molecular complexity index is 491. The van der Waals surface area contributed by atoms with Gasteiger partial charge in [0.1, 0.15) is 11.0 Å². The standard InChI is InChI=1S/C14H19Cl4N3O/c1-2-3-4-5-6-7-13(22)21-20-12-9-10(14(16,17)18)8-11(15)19-12/h8-9H,2-7H2,1H3,(H,19,20)(H,21,22). The van der Waals surface area contributed by atoms with Gasteiger partial charge in [-0.25, -0.2) is 4.98 Å². The highest BCUT2D eigenvalue weighted by atomic mass is 35.6. The molecule has 0 unspecified atom stereocenters. The molecule has 1 rings (SSSR count). The summed E-state index contributed by atoms with van der Waals surface area (Å²) in [5.41, 5.74) is 5.60. The van der Waals surface area contributed by atoms with Crippen molar-refractivity contribution in [1.29, 1.82) is 0 Å². The minimum atomic E-state index is -1.60. The van der Waals surface area contributed by atoms with Crippen molar-refractivity contribution in [2.24, 2.45) is 0 Å². The number of alkyl halides is 3. The molecular formula is C14H19Cl4N3O. The number of carbonyl (C=O) groups is 1. The van der Waals surface area contributed by atoms with E-state index >= 15 is 0 Å². The molecule has 124 valence electrons. The second-order valence-electron chi connectivity index (χ2n) is 4.90. The average Bonchev–Trinajstić information content (AvgIpc) is 2.43. The number of aromatic nitrogens is 1. The highest BCUT2D eigenvalue weighted by Crippen LogP contribution is 2.39. The van der Waals surface area contributed by atoms with Crippen LogP contribution in [0.1, 0.15) is 51.0 Å². The van der Waals surface area contributed by atoms with E-state index in [0.717, 1.165) is 19.3 Å². The van der Waals surface area contributed by atoms with Gasteiger partial charge in [0.05, 0.1) is 0 Å². The minimum Gasteiger partial charge on any atom is -0.282 e. The Morgan fingerprint density at radius 3 is 2.50 bits per heavy atom. The van der Waals surface area contributed by atoms with E-state index in [9.17, 15) is 4.79 Å². The van der Waals surface area contributed by atoms with E-state index < -0.39 is 3.79 Å². The van der Waals surface area contributed by atoms with Crippen LogP contribution in [0, 0.1) is 0 Å². The molecule has 0 atom stereocenters. The molecule has 2 N–H and O–H groups in total.